The molecule has 3 heterocycles. The second-order valence-electron chi connectivity index (χ2n) is 6.58. The first-order valence-corrected chi connectivity index (χ1v) is 9.02. The highest BCUT2D eigenvalue weighted by atomic mass is 16.5. The van der Waals surface area contributed by atoms with E-state index in [0.29, 0.717) is 26.1 Å². The molecule has 1 saturated heterocycles. The Morgan fingerprint density at radius 3 is 2.84 bits per heavy atom. The lowest BCUT2D eigenvalue weighted by atomic mass is 10.0. The number of likely N-dealkylation sites (tertiary alicyclic amines) is 1. The maximum absolute atomic E-state index is 12.7. The van der Waals surface area contributed by atoms with Gasteiger partial charge in [-0.05, 0) is 42.7 Å². The van der Waals surface area contributed by atoms with Gasteiger partial charge in [0.25, 0.3) is 0 Å². The Morgan fingerprint density at radius 2 is 2.00 bits per heavy atom. The van der Waals surface area contributed by atoms with Crippen LogP contribution in [0.25, 0.3) is 0 Å². The van der Waals surface area contributed by atoms with E-state index >= 15 is 0 Å². The maximum Gasteiger partial charge on any atom is 0.223 e. The van der Waals surface area contributed by atoms with Crippen LogP contribution in [0.1, 0.15) is 43.0 Å². The van der Waals surface area contributed by atoms with Gasteiger partial charge in [-0.25, -0.2) is 0 Å². The molecule has 2 aromatic rings. The summed E-state index contributed by atoms with van der Waals surface area (Å²) < 4.78 is 16.8. The number of carbonyl (C=O) groups is 1. The van der Waals surface area contributed by atoms with E-state index in [4.69, 9.17) is 13.9 Å². The Labute approximate surface area is 147 Å². The van der Waals surface area contributed by atoms with Gasteiger partial charge in [-0.3, -0.25) is 4.79 Å². The average molecular weight is 341 g/mol. The molecule has 5 heteroatoms. The molecule has 1 unspecified atom stereocenters. The van der Waals surface area contributed by atoms with Crippen LogP contribution >= 0.6 is 0 Å². The number of hydrogen-bond donors (Lipinski definition) is 0. The number of hydrogen-bond acceptors (Lipinski definition) is 4. The third kappa shape index (κ3) is 3.50. The van der Waals surface area contributed by atoms with Crippen molar-refractivity contribution in [2.24, 2.45) is 0 Å². The zero-order chi connectivity index (χ0) is 17.1. The van der Waals surface area contributed by atoms with Gasteiger partial charge in [0.2, 0.25) is 5.91 Å². The highest BCUT2D eigenvalue weighted by molar-refractivity contribution is 5.77. The van der Waals surface area contributed by atoms with Crippen molar-refractivity contribution in [1.82, 2.24) is 4.90 Å². The van der Waals surface area contributed by atoms with Gasteiger partial charge in [-0.2, -0.15) is 0 Å². The number of fused-ring (bicyclic) bond motifs is 1. The third-order valence-corrected chi connectivity index (χ3v) is 4.89. The summed E-state index contributed by atoms with van der Waals surface area (Å²) in [7, 11) is 0. The molecule has 2 aliphatic heterocycles. The van der Waals surface area contributed by atoms with E-state index in [1.165, 1.54) is 0 Å². The second kappa shape index (κ2) is 7.21. The number of ether oxygens (including phenoxy) is 2. The molecule has 1 atom stereocenters. The van der Waals surface area contributed by atoms with Crippen molar-refractivity contribution < 1.29 is 18.7 Å². The maximum atomic E-state index is 12.7. The first-order valence-electron chi connectivity index (χ1n) is 9.02. The van der Waals surface area contributed by atoms with Gasteiger partial charge in [-0.1, -0.05) is 6.07 Å². The highest BCUT2D eigenvalue weighted by Crippen LogP contribution is 2.38. The molecular formula is C20H23NO4. The number of furan rings is 1. The summed E-state index contributed by atoms with van der Waals surface area (Å²) >= 11 is 0. The molecule has 0 bridgehead atoms. The molecule has 0 radical (unpaired) electrons. The van der Waals surface area contributed by atoms with E-state index in [0.717, 1.165) is 48.6 Å². The van der Waals surface area contributed by atoms with Gasteiger partial charge in [0.1, 0.15) is 5.76 Å². The highest BCUT2D eigenvalue weighted by Gasteiger charge is 2.30. The molecule has 0 spiro atoms. The SMILES string of the molecule is O=C(CCc1ccco1)N1CCCC1c1ccc2c(c1)OCCCO2. The predicted octanol–water partition coefficient (Wildman–Crippen LogP) is 3.74. The molecule has 1 aromatic heterocycles. The van der Waals surface area contributed by atoms with Crippen molar-refractivity contribution in [2.75, 3.05) is 19.8 Å². The number of carbonyl (C=O) groups excluding carboxylic acids is 1. The van der Waals surface area contributed by atoms with Gasteiger partial charge >= 0.3 is 0 Å². The summed E-state index contributed by atoms with van der Waals surface area (Å²) in [5.41, 5.74) is 1.13. The van der Waals surface area contributed by atoms with Crippen molar-refractivity contribution in [3.8, 4) is 11.5 Å². The normalized spacial score (nSPS) is 19.7. The minimum Gasteiger partial charge on any atom is -0.490 e. The first kappa shape index (κ1) is 16.1. The molecule has 132 valence electrons. The van der Waals surface area contributed by atoms with Crippen molar-refractivity contribution >= 4 is 5.91 Å². The largest absolute Gasteiger partial charge is 0.490 e. The van der Waals surface area contributed by atoms with Crippen LogP contribution < -0.4 is 9.47 Å². The van der Waals surface area contributed by atoms with E-state index in [9.17, 15) is 4.79 Å². The fourth-order valence-electron chi connectivity index (χ4n) is 3.63. The predicted molar refractivity (Wildman–Crippen MR) is 92.8 cm³/mol. The molecule has 2 aliphatic rings. The van der Waals surface area contributed by atoms with Crippen LogP contribution in [-0.4, -0.2) is 30.6 Å². The minimum atomic E-state index is 0.126. The van der Waals surface area contributed by atoms with Crippen molar-refractivity contribution in [2.45, 2.75) is 38.1 Å². The number of rotatable bonds is 4. The van der Waals surface area contributed by atoms with Crippen molar-refractivity contribution in [3.05, 3.63) is 47.9 Å². The molecule has 0 saturated carbocycles. The summed E-state index contributed by atoms with van der Waals surface area (Å²) in [6, 6.07) is 9.98. The molecule has 1 aromatic carbocycles. The van der Waals surface area contributed by atoms with Crippen LogP contribution in [0.3, 0.4) is 0 Å². The number of amides is 1. The zero-order valence-electron chi connectivity index (χ0n) is 14.3. The summed E-state index contributed by atoms with van der Waals surface area (Å²) in [4.78, 5) is 14.7. The van der Waals surface area contributed by atoms with Gasteiger partial charge in [0.05, 0.1) is 25.5 Å². The van der Waals surface area contributed by atoms with Crippen LogP contribution in [0.15, 0.2) is 41.0 Å². The van der Waals surface area contributed by atoms with Crippen molar-refractivity contribution in [3.63, 3.8) is 0 Å². The minimum absolute atomic E-state index is 0.126. The summed E-state index contributed by atoms with van der Waals surface area (Å²) in [5, 5.41) is 0. The van der Waals surface area contributed by atoms with E-state index in [1.54, 1.807) is 6.26 Å². The van der Waals surface area contributed by atoms with Crippen LogP contribution in [0.4, 0.5) is 0 Å². The Balaban J connectivity index is 1.47. The van der Waals surface area contributed by atoms with E-state index in [-0.39, 0.29) is 11.9 Å². The van der Waals surface area contributed by atoms with Crippen LogP contribution in [0.5, 0.6) is 11.5 Å². The lowest BCUT2D eigenvalue weighted by Gasteiger charge is -2.25. The fourth-order valence-corrected chi connectivity index (χ4v) is 3.63. The Kier molecular flexibility index (Phi) is 4.63. The smallest absolute Gasteiger partial charge is 0.223 e. The fraction of sp³-hybridized carbons (Fsp3) is 0.450. The lowest BCUT2D eigenvalue weighted by Crippen LogP contribution is -2.30. The average Bonchev–Trinajstić information content (AvgIpc) is 3.27. The zero-order valence-corrected chi connectivity index (χ0v) is 14.3. The molecule has 5 nitrogen and oxygen atoms in total. The molecule has 0 aliphatic carbocycles. The third-order valence-electron chi connectivity index (χ3n) is 4.89. The molecule has 4 rings (SSSR count). The second-order valence-corrected chi connectivity index (χ2v) is 6.58. The van der Waals surface area contributed by atoms with E-state index < -0.39 is 0 Å². The van der Waals surface area contributed by atoms with Crippen LogP contribution in [0.2, 0.25) is 0 Å². The van der Waals surface area contributed by atoms with E-state index in [1.807, 2.05) is 29.2 Å². The molecule has 1 amide bonds. The lowest BCUT2D eigenvalue weighted by molar-refractivity contribution is -0.132. The van der Waals surface area contributed by atoms with Crippen LogP contribution in [0, 0.1) is 0 Å². The van der Waals surface area contributed by atoms with Gasteiger partial charge < -0.3 is 18.8 Å². The van der Waals surface area contributed by atoms with Gasteiger partial charge in [-0.15, -0.1) is 0 Å². The first-order chi connectivity index (χ1) is 12.3. The summed E-state index contributed by atoms with van der Waals surface area (Å²) in [5.74, 6) is 2.64. The molecule has 25 heavy (non-hydrogen) atoms. The summed E-state index contributed by atoms with van der Waals surface area (Å²) in [6.45, 7) is 2.18. The molecule has 1 fully saturated rings. The number of aryl methyl sites for hydroxylation is 1. The van der Waals surface area contributed by atoms with E-state index in [2.05, 4.69) is 6.07 Å². The Hall–Kier alpha value is -2.43. The summed E-state index contributed by atoms with van der Waals surface area (Å²) in [6.07, 6.45) is 5.70. The van der Waals surface area contributed by atoms with Crippen LogP contribution in [-0.2, 0) is 11.2 Å². The standard InChI is InChI=1S/C20H23NO4/c22-20(9-7-16-4-2-11-23-16)21-10-1-5-17(21)15-6-8-18-19(14-15)25-13-3-12-24-18/h2,4,6,8,11,14,17H,1,3,5,7,9-10,12-13H2. The number of benzene rings is 1. The monoisotopic (exact) mass is 341 g/mol. The topological polar surface area (TPSA) is 51.9 Å². The quantitative estimate of drug-likeness (QED) is 0.850. The Bertz CT molecular complexity index is 725. The number of nitrogens with zero attached hydrogens (tertiary/aromatic N) is 1. The van der Waals surface area contributed by atoms with Gasteiger partial charge in [0.15, 0.2) is 11.5 Å². The Morgan fingerprint density at radius 1 is 1.12 bits per heavy atom. The molecular weight excluding hydrogens is 318 g/mol. The molecule has 0 N–H and O–H groups in total. The van der Waals surface area contributed by atoms with Gasteiger partial charge in [0, 0.05) is 25.8 Å². The van der Waals surface area contributed by atoms with Crippen molar-refractivity contribution in [1.29, 1.82) is 0 Å².